The molecule has 1 N–H and O–H groups in total. The van der Waals surface area contributed by atoms with Crippen LogP contribution in [0.5, 0.6) is 5.88 Å². The normalized spacial score (nSPS) is 11.4. The first kappa shape index (κ1) is 21.6. The Kier molecular flexibility index (Phi) is 7.30. The molecule has 1 heterocycles. The minimum absolute atomic E-state index is 0.107. The van der Waals surface area contributed by atoms with Gasteiger partial charge in [-0.1, -0.05) is 19.9 Å². The zero-order chi connectivity index (χ0) is 20.7. The van der Waals surface area contributed by atoms with E-state index in [1.54, 1.807) is 32.2 Å². The van der Waals surface area contributed by atoms with Gasteiger partial charge in [0, 0.05) is 37.5 Å². The topological polar surface area (TPSA) is 115 Å². The number of nitrogens with zero attached hydrogens (tertiary/aromatic N) is 3. The summed E-state index contributed by atoms with van der Waals surface area (Å²) in [5.74, 6) is 0.445. The van der Waals surface area contributed by atoms with Crippen molar-refractivity contribution in [1.29, 1.82) is 0 Å². The van der Waals surface area contributed by atoms with E-state index in [0.717, 1.165) is 11.6 Å². The molecule has 152 valence electrons. The van der Waals surface area contributed by atoms with Crippen molar-refractivity contribution in [2.45, 2.75) is 32.2 Å². The molecule has 0 fully saturated rings. The standard InChI is InChI=1S/C18H24N4O5S/c1-4-21(5-2)28(25,26)15-9-10-16(17(12-15)22(23)24)20-13-14-8-7-11-19-18(14)27-6-3/h7-12,20H,4-6,13H2,1-3H3. The quantitative estimate of drug-likeness (QED) is 0.474. The van der Waals surface area contributed by atoms with Crippen molar-refractivity contribution in [3.05, 3.63) is 52.2 Å². The fourth-order valence-electron chi connectivity index (χ4n) is 2.70. The lowest BCUT2D eigenvalue weighted by molar-refractivity contribution is -0.384. The number of hydrogen-bond donors (Lipinski definition) is 1. The van der Waals surface area contributed by atoms with Crippen molar-refractivity contribution in [3.63, 3.8) is 0 Å². The number of nitro groups is 1. The number of sulfonamides is 1. The second-order valence-corrected chi connectivity index (χ2v) is 7.72. The Morgan fingerprint density at radius 1 is 1.21 bits per heavy atom. The van der Waals surface area contributed by atoms with Crippen LogP contribution in [-0.2, 0) is 16.6 Å². The van der Waals surface area contributed by atoms with Gasteiger partial charge in [0.1, 0.15) is 5.69 Å². The first-order chi connectivity index (χ1) is 13.3. The molecular weight excluding hydrogens is 384 g/mol. The highest BCUT2D eigenvalue weighted by molar-refractivity contribution is 7.89. The molecule has 2 rings (SSSR count). The average Bonchev–Trinajstić information content (AvgIpc) is 2.68. The lowest BCUT2D eigenvalue weighted by Gasteiger charge is -2.18. The highest BCUT2D eigenvalue weighted by atomic mass is 32.2. The number of aromatic nitrogens is 1. The van der Waals surface area contributed by atoms with Gasteiger partial charge in [0.25, 0.3) is 5.69 Å². The van der Waals surface area contributed by atoms with Crippen LogP contribution >= 0.6 is 0 Å². The van der Waals surface area contributed by atoms with E-state index < -0.39 is 14.9 Å². The van der Waals surface area contributed by atoms with Crippen LogP contribution in [-0.4, -0.2) is 42.3 Å². The highest BCUT2D eigenvalue weighted by Crippen LogP contribution is 2.30. The maximum atomic E-state index is 12.6. The van der Waals surface area contributed by atoms with Crippen molar-refractivity contribution >= 4 is 21.4 Å². The fraction of sp³-hybridized carbons (Fsp3) is 0.389. The van der Waals surface area contributed by atoms with Crippen LogP contribution in [0.2, 0.25) is 0 Å². The Morgan fingerprint density at radius 3 is 2.54 bits per heavy atom. The van der Waals surface area contributed by atoms with Gasteiger partial charge in [-0.05, 0) is 25.1 Å². The van der Waals surface area contributed by atoms with Crippen molar-refractivity contribution in [2.75, 3.05) is 25.0 Å². The van der Waals surface area contributed by atoms with Crippen molar-refractivity contribution in [2.24, 2.45) is 0 Å². The number of anilines is 1. The average molecular weight is 408 g/mol. The molecule has 0 saturated carbocycles. The summed E-state index contributed by atoms with van der Waals surface area (Å²) in [5.41, 5.74) is 0.642. The molecule has 0 radical (unpaired) electrons. The third-order valence-corrected chi connectivity index (χ3v) is 6.16. The lowest BCUT2D eigenvalue weighted by Crippen LogP contribution is -2.30. The molecule has 0 bridgehead atoms. The van der Waals surface area contributed by atoms with Gasteiger partial charge in [0.05, 0.1) is 16.4 Å². The Hall–Kier alpha value is -2.72. The first-order valence-corrected chi connectivity index (χ1v) is 10.4. The lowest BCUT2D eigenvalue weighted by atomic mass is 10.2. The molecule has 2 aromatic rings. The maximum Gasteiger partial charge on any atom is 0.293 e. The number of benzene rings is 1. The number of nitrogens with one attached hydrogen (secondary N) is 1. The van der Waals surface area contributed by atoms with Crippen LogP contribution in [0.25, 0.3) is 0 Å². The van der Waals surface area contributed by atoms with E-state index in [-0.39, 0.29) is 35.9 Å². The monoisotopic (exact) mass is 408 g/mol. The molecule has 0 atom stereocenters. The van der Waals surface area contributed by atoms with Gasteiger partial charge in [-0.25, -0.2) is 13.4 Å². The molecule has 0 aliphatic heterocycles. The fourth-order valence-corrected chi connectivity index (χ4v) is 4.18. The molecule has 0 unspecified atom stereocenters. The largest absolute Gasteiger partial charge is 0.478 e. The molecule has 28 heavy (non-hydrogen) atoms. The van der Waals surface area contributed by atoms with Gasteiger partial charge in [0.15, 0.2) is 0 Å². The van der Waals surface area contributed by atoms with Crippen molar-refractivity contribution in [1.82, 2.24) is 9.29 Å². The van der Waals surface area contributed by atoms with E-state index in [0.29, 0.717) is 12.5 Å². The van der Waals surface area contributed by atoms with Gasteiger partial charge in [-0.3, -0.25) is 10.1 Å². The second-order valence-electron chi connectivity index (χ2n) is 5.78. The molecular formula is C18H24N4O5S. The summed E-state index contributed by atoms with van der Waals surface area (Å²) in [7, 11) is -3.78. The molecule has 0 spiro atoms. The Labute approximate surface area is 164 Å². The van der Waals surface area contributed by atoms with E-state index in [9.17, 15) is 18.5 Å². The highest BCUT2D eigenvalue weighted by Gasteiger charge is 2.25. The summed E-state index contributed by atoms with van der Waals surface area (Å²) in [6.07, 6.45) is 1.60. The molecule has 9 nitrogen and oxygen atoms in total. The van der Waals surface area contributed by atoms with E-state index in [1.807, 2.05) is 6.92 Å². The summed E-state index contributed by atoms with van der Waals surface area (Å²) < 4.78 is 32.0. The van der Waals surface area contributed by atoms with Crippen LogP contribution in [0.1, 0.15) is 26.3 Å². The Bertz CT molecular complexity index is 929. The molecule has 0 aliphatic carbocycles. The van der Waals surface area contributed by atoms with Crippen LogP contribution < -0.4 is 10.1 Å². The molecule has 1 aromatic heterocycles. The zero-order valence-corrected chi connectivity index (χ0v) is 16.9. The first-order valence-electron chi connectivity index (χ1n) is 8.94. The zero-order valence-electron chi connectivity index (χ0n) is 16.1. The van der Waals surface area contributed by atoms with Crippen LogP contribution in [0.3, 0.4) is 0 Å². The van der Waals surface area contributed by atoms with E-state index in [1.165, 1.54) is 16.4 Å². The summed E-state index contributed by atoms with van der Waals surface area (Å²) in [6, 6.07) is 7.41. The predicted octanol–water partition coefficient (Wildman–Crippen LogP) is 3.03. The van der Waals surface area contributed by atoms with Gasteiger partial charge < -0.3 is 10.1 Å². The van der Waals surface area contributed by atoms with Gasteiger partial charge in [-0.15, -0.1) is 0 Å². The van der Waals surface area contributed by atoms with Crippen molar-refractivity contribution < 1.29 is 18.1 Å². The number of hydrogen-bond acceptors (Lipinski definition) is 7. The number of pyridine rings is 1. The SMILES string of the molecule is CCOc1ncccc1CNc1ccc(S(=O)(=O)N(CC)CC)cc1[N+](=O)[O-]. The van der Waals surface area contributed by atoms with E-state index in [4.69, 9.17) is 4.74 Å². The summed E-state index contributed by atoms with van der Waals surface area (Å²) in [5, 5.41) is 14.5. The smallest absolute Gasteiger partial charge is 0.293 e. The summed E-state index contributed by atoms with van der Waals surface area (Å²) in [4.78, 5) is 14.9. The van der Waals surface area contributed by atoms with E-state index in [2.05, 4.69) is 10.3 Å². The molecule has 0 saturated heterocycles. The van der Waals surface area contributed by atoms with Gasteiger partial charge >= 0.3 is 0 Å². The predicted molar refractivity (Wildman–Crippen MR) is 106 cm³/mol. The Morgan fingerprint density at radius 2 is 1.93 bits per heavy atom. The summed E-state index contributed by atoms with van der Waals surface area (Å²) in [6.45, 7) is 6.53. The summed E-state index contributed by atoms with van der Waals surface area (Å²) >= 11 is 0. The molecule has 0 amide bonds. The maximum absolute atomic E-state index is 12.6. The third kappa shape index (κ3) is 4.76. The third-order valence-electron chi connectivity index (χ3n) is 4.11. The molecule has 10 heteroatoms. The minimum atomic E-state index is -3.78. The van der Waals surface area contributed by atoms with E-state index >= 15 is 0 Å². The minimum Gasteiger partial charge on any atom is -0.478 e. The van der Waals surface area contributed by atoms with Gasteiger partial charge in [-0.2, -0.15) is 4.31 Å². The van der Waals surface area contributed by atoms with Crippen LogP contribution in [0, 0.1) is 10.1 Å². The molecule has 1 aromatic carbocycles. The Balaban J connectivity index is 2.33. The second kappa shape index (κ2) is 9.47. The van der Waals surface area contributed by atoms with Crippen LogP contribution in [0.4, 0.5) is 11.4 Å². The van der Waals surface area contributed by atoms with Gasteiger partial charge in [0.2, 0.25) is 15.9 Å². The molecule has 0 aliphatic rings. The number of rotatable bonds is 10. The number of nitro benzene ring substituents is 1. The van der Waals surface area contributed by atoms with Crippen LogP contribution in [0.15, 0.2) is 41.4 Å². The number of ether oxygens (including phenoxy) is 1. The van der Waals surface area contributed by atoms with Crippen molar-refractivity contribution in [3.8, 4) is 5.88 Å².